The molecule has 5 atom stereocenters. The average molecular weight is 386 g/mol. The van der Waals surface area contributed by atoms with Crippen molar-refractivity contribution in [1.29, 1.82) is 0 Å². The van der Waals surface area contributed by atoms with Crippen LogP contribution < -0.4 is 21.3 Å². The van der Waals surface area contributed by atoms with Gasteiger partial charge in [0.15, 0.2) is 6.04 Å². The van der Waals surface area contributed by atoms with Gasteiger partial charge in [-0.25, -0.2) is 4.79 Å². The van der Waals surface area contributed by atoms with E-state index in [2.05, 4.69) is 21.3 Å². The lowest BCUT2D eigenvalue weighted by atomic mass is 9.97. The Morgan fingerprint density at radius 3 is 2.30 bits per heavy atom. The molecule has 1 aliphatic rings. The number of aliphatic carboxylic acids is 1. The number of nitrogens with one attached hydrogen (secondary N) is 4. The van der Waals surface area contributed by atoms with E-state index in [0.717, 1.165) is 13.0 Å². The van der Waals surface area contributed by atoms with E-state index >= 15 is 0 Å². The third-order valence-corrected chi connectivity index (χ3v) is 4.66. The van der Waals surface area contributed by atoms with E-state index in [9.17, 15) is 24.3 Å². The minimum Gasteiger partial charge on any atom is -0.480 e. The summed E-state index contributed by atoms with van der Waals surface area (Å²) in [5.41, 5.74) is 0. The van der Waals surface area contributed by atoms with Gasteiger partial charge in [-0.3, -0.25) is 14.4 Å². The number of carbonyl (C=O) groups excluding carboxylic acids is 3. The number of carbonyl (C=O) groups is 4. The van der Waals surface area contributed by atoms with Crippen LogP contribution in [0.3, 0.4) is 0 Å². The van der Waals surface area contributed by atoms with Crippen LogP contribution in [0.5, 0.6) is 0 Å². The van der Waals surface area contributed by atoms with E-state index in [1.54, 1.807) is 0 Å². The molecule has 0 aliphatic carbocycles. The van der Waals surface area contributed by atoms with Crippen LogP contribution in [0.15, 0.2) is 0 Å². The maximum atomic E-state index is 12.5. The van der Waals surface area contributed by atoms with Crippen LogP contribution in [0.1, 0.15) is 40.0 Å². The van der Waals surface area contributed by atoms with Crippen LogP contribution >= 0.6 is 0 Å². The summed E-state index contributed by atoms with van der Waals surface area (Å²) in [6.45, 7) is 5.24. The van der Waals surface area contributed by atoms with Crippen LogP contribution in [-0.2, 0) is 19.2 Å². The number of rotatable bonds is 10. The first-order valence-corrected chi connectivity index (χ1v) is 9.19. The van der Waals surface area contributed by atoms with Gasteiger partial charge in [-0.2, -0.15) is 0 Å². The summed E-state index contributed by atoms with van der Waals surface area (Å²) in [4.78, 5) is 47.6. The first kappa shape index (κ1) is 22.8. The number of aliphatic hydroxyl groups is 1. The minimum absolute atomic E-state index is 0.150. The Morgan fingerprint density at radius 2 is 1.81 bits per heavy atom. The van der Waals surface area contributed by atoms with E-state index in [-0.39, 0.29) is 17.9 Å². The summed E-state index contributed by atoms with van der Waals surface area (Å²) < 4.78 is 0. The Labute approximate surface area is 158 Å². The molecular formula is C17H30N4O6. The van der Waals surface area contributed by atoms with Crippen LogP contribution in [-0.4, -0.2) is 71.2 Å². The zero-order valence-corrected chi connectivity index (χ0v) is 15.9. The predicted molar refractivity (Wildman–Crippen MR) is 96.7 cm³/mol. The molecule has 0 aromatic carbocycles. The highest BCUT2D eigenvalue weighted by molar-refractivity contribution is 5.92. The Kier molecular flexibility index (Phi) is 9.16. The van der Waals surface area contributed by atoms with E-state index in [1.165, 1.54) is 6.92 Å². The van der Waals surface area contributed by atoms with E-state index in [1.807, 2.05) is 13.8 Å². The summed E-state index contributed by atoms with van der Waals surface area (Å²) in [6.07, 6.45) is 0.963. The molecule has 0 saturated carbocycles. The zero-order valence-electron chi connectivity index (χ0n) is 15.9. The third-order valence-electron chi connectivity index (χ3n) is 4.66. The molecule has 0 radical (unpaired) electrons. The van der Waals surface area contributed by atoms with Gasteiger partial charge in [-0.05, 0) is 32.2 Å². The molecule has 1 fully saturated rings. The lowest BCUT2D eigenvalue weighted by Gasteiger charge is -2.25. The molecule has 6 N–H and O–H groups in total. The van der Waals surface area contributed by atoms with Crippen molar-refractivity contribution in [2.24, 2.45) is 5.92 Å². The molecule has 27 heavy (non-hydrogen) atoms. The second-order valence-electron chi connectivity index (χ2n) is 6.86. The van der Waals surface area contributed by atoms with Crippen molar-refractivity contribution >= 4 is 23.7 Å². The Balaban J connectivity index is 2.61. The SMILES string of the molecule is CC[C@H](C)[C@H](NC(=O)[C@@H]1CCCN1)C(=O)NCC(=O)N[C@H](C(=O)O)[C@@H](C)O. The van der Waals surface area contributed by atoms with Gasteiger partial charge in [-0.1, -0.05) is 20.3 Å². The topological polar surface area (TPSA) is 157 Å². The molecule has 0 aromatic rings. The summed E-state index contributed by atoms with van der Waals surface area (Å²) in [6, 6.07) is -2.59. The van der Waals surface area contributed by atoms with Crippen molar-refractivity contribution in [3.05, 3.63) is 0 Å². The normalized spacial score (nSPS) is 20.8. The maximum absolute atomic E-state index is 12.5. The summed E-state index contributed by atoms with van der Waals surface area (Å²) in [5.74, 6) is -3.04. The van der Waals surface area contributed by atoms with Gasteiger partial charge >= 0.3 is 5.97 Å². The molecule has 154 valence electrons. The van der Waals surface area contributed by atoms with E-state index in [0.29, 0.717) is 12.8 Å². The lowest BCUT2D eigenvalue weighted by Crippen LogP contribution is -2.56. The van der Waals surface area contributed by atoms with Crippen LogP contribution in [0.4, 0.5) is 0 Å². The molecule has 1 rings (SSSR count). The molecule has 3 amide bonds. The fourth-order valence-corrected chi connectivity index (χ4v) is 2.75. The van der Waals surface area contributed by atoms with Crippen molar-refractivity contribution in [2.45, 2.75) is 64.3 Å². The summed E-state index contributed by atoms with van der Waals surface area (Å²) in [5, 5.41) is 28.7. The molecule has 0 bridgehead atoms. The van der Waals surface area contributed by atoms with Crippen molar-refractivity contribution in [3.63, 3.8) is 0 Å². The number of hydrogen-bond donors (Lipinski definition) is 6. The largest absolute Gasteiger partial charge is 0.480 e. The van der Waals surface area contributed by atoms with Gasteiger partial charge in [0.2, 0.25) is 17.7 Å². The maximum Gasteiger partial charge on any atom is 0.328 e. The molecule has 1 aliphatic heterocycles. The standard InChI is InChI=1S/C17H30N4O6/c1-4-9(2)13(21-15(24)11-6-5-7-18-11)16(25)19-8-12(23)20-14(10(3)22)17(26)27/h9-11,13-14,18,22H,4-8H2,1-3H3,(H,19,25)(H,20,23)(H,21,24)(H,26,27)/t9-,10+,11-,13-,14-/m0/s1. The average Bonchev–Trinajstić information content (AvgIpc) is 3.15. The highest BCUT2D eigenvalue weighted by atomic mass is 16.4. The van der Waals surface area contributed by atoms with Crippen LogP contribution in [0.2, 0.25) is 0 Å². The van der Waals surface area contributed by atoms with Crippen molar-refractivity contribution in [2.75, 3.05) is 13.1 Å². The number of aliphatic hydroxyl groups excluding tert-OH is 1. The van der Waals surface area contributed by atoms with Crippen LogP contribution in [0, 0.1) is 5.92 Å². The first-order chi connectivity index (χ1) is 12.7. The molecule has 1 saturated heterocycles. The first-order valence-electron chi connectivity index (χ1n) is 9.19. The van der Waals surface area contributed by atoms with Crippen molar-refractivity contribution < 1.29 is 29.4 Å². The van der Waals surface area contributed by atoms with Gasteiger partial charge in [0.05, 0.1) is 18.7 Å². The molecule has 0 aromatic heterocycles. The quantitative estimate of drug-likeness (QED) is 0.262. The smallest absolute Gasteiger partial charge is 0.328 e. The minimum atomic E-state index is -1.46. The van der Waals surface area contributed by atoms with Crippen LogP contribution in [0.25, 0.3) is 0 Å². The highest BCUT2D eigenvalue weighted by Gasteiger charge is 2.31. The number of hydrogen-bond acceptors (Lipinski definition) is 6. The number of amides is 3. The van der Waals surface area contributed by atoms with Gasteiger partial charge < -0.3 is 31.5 Å². The van der Waals surface area contributed by atoms with Crippen molar-refractivity contribution in [3.8, 4) is 0 Å². The van der Waals surface area contributed by atoms with Gasteiger partial charge in [0.1, 0.15) is 6.04 Å². The Morgan fingerprint density at radius 1 is 1.15 bits per heavy atom. The Bertz CT molecular complexity index is 548. The summed E-state index contributed by atoms with van der Waals surface area (Å²) >= 11 is 0. The molecule has 1 heterocycles. The highest BCUT2D eigenvalue weighted by Crippen LogP contribution is 2.10. The second kappa shape index (κ2) is 10.8. The zero-order chi connectivity index (χ0) is 20.6. The van der Waals surface area contributed by atoms with Gasteiger partial charge in [0, 0.05) is 0 Å². The third kappa shape index (κ3) is 7.14. The van der Waals surface area contributed by atoms with Gasteiger partial charge in [0.25, 0.3) is 0 Å². The van der Waals surface area contributed by atoms with Crippen molar-refractivity contribution in [1.82, 2.24) is 21.3 Å². The molecular weight excluding hydrogens is 356 g/mol. The molecule has 10 nitrogen and oxygen atoms in total. The Hall–Kier alpha value is -2.20. The number of carboxylic acids is 1. The molecule has 0 unspecified atom stereocenters. The predicted octanol–water partition coefficient (Wildman–Crippen LogP) is -1.66. The fourth-order valence-electron chi connectivity index (χ4n) is 2.75. The fraction of sp³-hybridized carbons (Fsp3) is 0.765. The second-order valence-corrected chi connectivity index (χ2v) is 6.86. The summed E-state index contributed by atoms with van der Waals surface area (Å²) in [7, 11) is 0. The monoisotopic (exact) mass is 386 g/mol. The van der Waals surface area contributed by atoms with Gasteiger partial charge in [-0.15, -0.1) is 0 Å². The number of carboxylic acid groups (broad SMARTS) is 1. The van der Waals surface area contributed by atoms with E-state index < -0.39 is 42.5 Å². The molecule has 10 heteroatoms. The van der Waals surface area contributed by atoms with E-state index in [4.69, 9.17) is 5.11 Å². The molecule has 0 spiro atoms. The lowest BCUT2D eigenvalue weighted by molar-refractivity contribution is -0.144.